The second-order valence-electron chi connectivity index (χ2n) is 7.78. The van der Waals surface area contributed by atoms with Gasteiger partial charge < -0.3 is 16.0 Å². The van der Waals surface area contributed by atoms with Crippen LogP contribution in [-0.2, 0) is 16.0 Å². The van der Waals surface area contributed by atoms with Gasteiger partial charge in [-0.25, -0.2) is 13.9 Å². The quantitative estimate of drug-likeness (QED) is 0.429. The van der Waals surface area contributed by atoms with Gasteiger partial charge in [-0.3, -0.25) is 19.3 Å². The fraction of sp³-hybridized carbons (Fsp3) is 0.208. The molecule has 2 heterocycles. The first-order valence-electron chi connectivity index (χ1n) is 11.0. The number of benzene rings is 2. The van der Waals surface area contributed by atoms with Gasteiger partial charge in [0.1, 0.15) is 5.82 Å². The van der Waals surface area contributed by atoms with E-state index < -0.39 is 6.03 Å². The van der Waals surface area contributed by atoms with Crippen molar-refractivity contribution >= 4 is 35.1 Å². The number of hydrogen-bond donors (Lipinski definition) is 3. The van der Waals surface area contributed by atoms with Crippen LogP contribution in [0.2, 0.25) is 0 Å². The van der Waals surface area contributed by atoms with Crippen molar-refractivity contribution in [2.75, 3.05) is 23.7 Å². The van der Waals surface area contributed by atoms with Crippen LogP contribution in [-0.4, -0.2) is 51.5 Å². The number of imide groups is 1. The topological polar surface area (TPSA) is 125 Å². The zero-order chi connectivity index (χ0) is 24.9. The highest BCUT2D eigenvalue weighted by atomic mass is 19.1. The van der Waals surface area contributed by atoms with E-state index in [1.54, 1.807) is 41.1 Å². The van der Waals surface area contributed by atoms with Gasteiger partial charge in [-0.15, -0.1) is 0 Å². The summed E-state index contributed by atoms with van der Waals surface area (Å²) in [6.45, 7) is 1.84. The molecular weight excluding hydrogens is 455 g/mol. The number of aromatic nitrogens is 2. The summed E-state index contributed by atoms with van der Waals surface area (Å²) in [4.78, 5) is 49.1. The molecule has 0 atom stereocenters. The van der Waals surface area contributed by atoms with Crippen molar-refractivity contribution in [2.24, 2.45) is 0 Å². The Morgan fingerprint density at radius 3 is 2.29 bits per heavy atom. The van der Waals surface area contributed by atoms with Crippen molar-refractivity contribution in [3.63, 3.8) is 0 Å². The molecule has 10 nitrogen and oxygen atoms in total. The molecule has 2 aromatic carbocycles. The first kappa shape index (κ1) is 23.6. The monoisotopic (exact) mass is 478 g/mol. The molecule has 4 rings (SSSR count). The number of halogens is 1. The number of carbonyl (C=O) groups is 4. The van der Waals surface area contributed by atoms with E-state index >= 15 is 0 Å². The number of carbonyl (C=O) groups excluding carboxylic acids is 4. The number of rotatable bonds is 8. The molecule has 35 heavy (non-hydrogen) atoms. The number of nitrogens with one attached hydrogen (secondary N) is 3. The molecule has 1 aliphatic heterocycles. The summed E-state index contributed by atoms with van der Waals surface area (Å²) in [5, 5.41) is 12.2. The minimum atomic E-state index is -0.502. The van der Waals surface area contributed by atoms with Gasteiger partial charge in [-0.05, 0) is 55.0 Å². The number of nitrogens with zero attached hydrogens (tertiary/aromatic N) is 3. The van der Waals surface area contributed by atoms with Crippen molar-refractivity contribution in [1.82, 2.24) is 20.0 Å². The van der Waals surface area contributed by atoms with Gasteiger partial charge in [0.05, 0.1) is 29.7 Å². The standard InChI is InChI=1S/C24H23FN6O4/c1-2-20-19(13-27-31(20)18-9-3-15(25)4-10-18)23(34)29-17-7-5-16(6-8-17)28-21(32)11-12-30-22(33)14-26-24(30)35/h3-10,13H,2,11-12,14H2,1H3,(H,26,35)(H,28,32)(H,29,34). The molecule has 0 saturated carbocycles. The van der Waals surface area contributed by atoms with E-state index in [9.17, 15) is 23.6 Å². The summed E-state index contributed by atoms with van der Waals surface area (Å²) in [6, 6.07) is 11.9. The Balaban J connectivity index is 1.36. The Hall–Kier alpha value is -4.54. The van der Waals surface area contributed by atoms with E-state index in [2.05, 4.69) is 21.0 Å². The van der Waals surface area contributed by atoms with Crippen LogP contribution in [0.4, 0.5) is 20.6 Å². The lowest BCUT2D eigenvalue weighted by Gasteiger charge is -2.12. The van der Waals surface area contributed by atoms with Crippen LogP contribution in [0, 0.1) is 5.82 Å². The average Bonchev–Trinajstić information content (AvgIpc) is 3.42. The fourth-order valence-corrected chi connectivity index (χ4v) is 3.66. The van der Waals surface area contributed by atoms with Crippen LogP contribution in [0.5, 0.6) is 0 Å². The molecule has 1 saturated heterocycles. The van der Waals surface area contributed by atoms with Gasteiger partial charge in [0.15, 0.2) is 0 Å². The van der Waals surface area contributed by atoms with E-state index in [1.165, 1.54) is 18.3 Å². The first-order valence-corrected chi connectivity index (χ1v) is 11.0. The Bertz CT molecular complexity index is 1250. The van der Waals surface area contributed by atoms with Crippen molar-refractivity contribution in [1.29, 1.82) is 0 Å². The molecule has 0 spiro atoms. The molecule has 3 N–H and O–H groups in total. The summed E-state index contributed by atoms with van der Waals surface area (Å²) < 4.78 is 14.8. The van der Waals surface area contributed by atoms with E-state index in [4.69, 9.17) is 0 Å². The van der Waals surface area contributed by atoms with Crippen LogP contribution in [0.3, 0.4) is 0 Å². The molecule has 1 fully saturated rings. The number of anilines is 2. The lowest BCUT2D eigenvalue weighted by atomic mass is 10.1. The number of urea groups is 1. The van der Waals surface area contributed by atoms with Crippen LogP contribution in [0.25, 0.3) is 5.69 Å². The SMILES string of the molecule is CCc1c(C(=O)Nc2ccc(NC(=O)CCN3C(=O)CNC3=O)cc2)cnn1-c1ccc(F)cc1. The summed E-state index contributed by atoms with van der Waals surface area (Å²) >= 11 is 0. The molecule has 180 valence electrons. The van der Waals surface area contributed by atoms with E-state index in [-0.39, 0.29) is 43.0 Å². The highest BCUT2D eigenvalue weighted by Crippen LogP contribution is 2.19. The molecule has 11 heteroatoms. The molecule has 5 amide bonds. The third kappa shape index (κ3) is 5.35. The lowest BCUT2D eigenvalue weighted by molar-refractivity contribution is -0.125. The van der Waals surface area contributed by atoms with Crippen LogP contribution in [0.1, 0.15) is 29.4 Å². The third-order valence-electron chi connectivity index (χ3n) is 5.45. The van der Waals surface area contributed by atoms with Crippen LogP contribution >= 0.6 is 0 Å². The minimum Gasteiger partial charge on any atom is -0.329 e. The molecule has 1 aromatic heterocycles. The highest BCUT2D eigenvalue weighted by Gasteiger charge is 2.28. The first-order chi connectivity index (χ1) is 16.9. The maximum atomic E-state index is 13.2. The minimum absolute atomic E-state index is 0.00396. The van der Waals surface area contributed by atoms with Gasteiger partial charge in [-0.1, -0.05) is 6.92 Å². The molecule has 0 radical (unpaired) electrons. The highest BCUT2D eigenvalue weighted by molar-refractivity contribution is 6.05. The zero-order valence-electron chi connectivity index (χ0n) is 18.9. The molecule has 3 aromatic rings. The molecule has 0 bridgehead atoms. The van der Waals surface area contributed by atoms with E-state index in [0.29, 0.717) is 34.7 Å². The zero-order valence-corrected chi connectivity index (χ0v) is 18.9. The maximum absolute atomic E-state index is 13.2. The third-order valence-corrected chi connectivity index (χ3v) is 5.45. The number of hydrogen-bond acceptors (Lipinski definition) is 5. The van der Waals surface area contributed by atoms with Crippen molar-refractivity contribution in [2.45, 2.75) is 19.8 Å². The summed E-state index contributed by atoms with van der Waals surface area (Å²) in [5.41, 5.74) is 2.75. The summed E-state index contributed by atoms with van der Waals surface area (Å²) in [7, 11) is 0. The predicted molar refractivity (Wildman–Crippen MR) is 126 cm³/mol. The Labute approximate surface area is 200 Å². The van der Waals surface area contributed by atoms with Gasteiger partial charge in [0.2, 0.25) is 11.8 Å². The van der Waals surface area contributed by atoms with Crippen LogP contribution < -0.4 is 16.0 Å². The summed E-state index contributed by atoms with van der Waals surface area (Å²) in [5.74, 6) is -1.42. The van der Waals surface area contributed by atoms with Gasteiger partial charge in [-0.2, -0.15) is 5.10 Å². The van der Waals surface area contributed by atoms with Gasteiger partial charge in [0.25, 0.3) is 5.91 Å². The number of amides is 5. The van der Waals surface area contributed by atoms with Crippen molar-refractivity contribution in [3.8, 4) is 5.69 Å². The summed E-state index contributed by atoms with van der Waals surface area (Å²) in [6.07, 6.45) is 1.97. The molecule has 0 unspecified atom stereocenters. The van der Waals surface area contributed by atoms with E-state index in [0.717, 1.165) is 4.90 Å². The fourth-order valence-electron chi connectivity index (χ4n) is 3.66. The van der Waals surface area contributed by atoms with Crippen molar-refractivity contribution in [3.05, 3.63) is 71.8 Å². The Kier molecular flexibility index (Phi) is 6.86. The normalized spacial score (nSPS) is 13.0. The van der Waals surface area contributed by atoms with Crippen LogP contribution in [0.15, 0.2) is 54.7 Å². The van der Waals surface area contributed by atoms with Crippen molar-refractivity contribution < 1.29 is 23.6 Å². The maximum Gasteiger partial charge on any atom is 0.324 e. The lowest BCUT2D eigenvalue weighted by Crippen LogP contribution is -2.33. The van der Waals surface area contributed by atoms with E-state index in [1.807, 2.05) is 6.92 Å². The average molecular weight is 478 g/mol. The second kappa shape index (κ2) is 10.2. The second-order valence-corrected chi connectivity index (χ2v) is 7.78. The Morgan fingerprint density at radius 2 is 1.69 bits per heavy atom. The largest absolute Gasteiger partial charge is 0.329 e. The smallest absolute Gasteiger partial charge is 0.324 e. The predicted octanol–water partition coefficient (Wildman–Crippen LogP) is 2.71. The molecular formula is C24H23FN6O4. The molecule has 0 aliphatic carbocycles. The van der Waals surface area contributed by atoms with Gasteiger partial charge >= 0.3 is 6.03 Å². The Morgan fingerprint density at radius 1 is 1.03 bits per heavy atom. The van der Waals surface area contributed by atoms with Gasteiger partial charge in [0, 0.05) is 24.3 Å². The molecule has 1 aliphatic rings.